The fourth-order valence-corrected chi connectivity index (χ4v) is 2.02. The molecule has 0 aliphatic carbocycles. The van der Waals surface area contributed by atoms with E-state index in [4.69, 9.17) is 10.5 Å². The van der Waals surface area contributed by atoms with E-state index >= 15 is 0 Å². The van der Waals surface area contributed by atoms with Gasteiger partial charge in [0, 0.05) is 13.1 Å². The van der Waals surface area contributed by atoms with Gasteiger partial charge in [-0.15, -0.1) is 0 Å². The van der Waals surface area contributed by atoms with Crippen molar-refractivity contribution in [3.8, 4) is 0 Å². The second kappa shape index (κ2) is 8.48. The molecule has 0 amide bonds. The van der Waals surface area contributed by atoms with Crippen LogP contribution in [0.15, 0.2) is 0 Å². The standard InChI is InChI=1S/C14H30N2O2/c1-6-12(7-2)11-16(8-3)10-9-14(4,15)13(17)18-5/h12H,6-11,15H2,1-5H3. The van der Waals surface area contributed by atoms with Gasteiger partial charge in [-0.05, 0) is 25.8 Å². The average Bonchev–Trinajstić information content (AvgIpc) is 2.38. The third-order valence-electron chi connectivity index (χ3n) is 3.72. The zero-order valence-electron chi connectivity index (χ0n) is 12.7. The summed E-state index contributed by atoms with van der Waals surface area (Å²) in [5.74, 6) is 0.396. The van der Waals surface area contributed by atoms with Gasteiger partial charge in [0.25, 0.3) is 0 Å². The molecule has 0 aromatic carbocycles. The van der Waals surface area contributed by atoms with Gasteiger partial charge in [0.1, 0.15) is 5.54 Å². The molecule has 0 radical (unpaired) electrons. The van der Waals surface area contributed by atoms with Crippen LogP contribution in [0.5, 0.6) is 0 Å². The summed E-state index contributed by atoms with van der Waals surface area (Å²) in [6.07, 6.45) is 3.03. The van der Waals surface area contributed by atoms with Crippen molar-refractivity contribution in [2.75, 3.05) is 26.7 Å². The molecule has 0 aliphatic rings. The topological polar surface area (TPSA) is 55.6 Å². The van der Waals surface area contributed by atoms with Crippen LogP contribution in [0.2, 0.25) is 0 Å². The van der Waals surface area contributed by atoms with Crippen LogP contribution in [0.25, 0.3) is 0 Å². The van der Waals surface area contributed by atoms with Crippen LogP contribution in [0.3, 0.4) is 0 Å². The highest BCUT2D eigenvalue weighted by atomic mass is 16.5. The van der Waals surface area contributed by atoms with Gasteiger partial charge in [0.05, 0.1) is 7.11 Å². The Kier molecular flexibility index (Phi) is 8.20. The molecule has 4 heteroatoms. The first-order valence-corrected chi connectivity index (χ1v) is 7.00. The molecule has 108 valence electrons. The number of carbonyl (C=O) groups excluding carboxylic acids is 1. The van der Waals surface area contributed by atoms with Crippen LogP contribution in [-0.2, 0) is 9.53 Å². The quantitative estimate of drug-likeness (QED) is 0.643. The van der Waals surface area contributed by atoms with Crippen LogP contribution in [0.4, 0.5) is 0 Å². The number of methoxy groups -OCH3 is 1. The van der Waals surface area contributed by atoms with Gasteiger partial charge in [-0.25, -0.2) is 0 Å². The first-order valence-electron chi connectivity index (χ1n) is 7.00. The second-order valence-electron chi connectivity index (χ2n) is 5.23. The SMILES string of the molecule is CCC(CC)CN(CC)CCC(C)(N)C(=O)OC. The number of nitrogens with zero attached hydrogens (tertiary/aromatic N) is 1. The third kappa shape index (κ3) is 5.83. The molecule has 4 nitrogen and oxygen atoms in total. The van der Waals surface area contributed by atoms with Crippen LogP contribution < -0.4 is 5.73 Å². The van der Waals surface area contributed by atoms with Crippen LogP contribution in [0.1, 0.15) is 47.0 Å². The summed E-state index contributed by atoms with van der Waals surface area (Å²) in [5, 5.41) is 0. The largest absolute Gasteiger partial charge is 0.468 e. The molecule has 0 saturated heterocycles. The lowest BCUT2D eigenvalue weighted by Crippen LogP contribution is -2.48. The van der Waals surface area contributed by atoms with Crippen molar-refractivity contribution in [3.63, 3.8) is 0 Å². The van der Waals surface area contributed by atoms with Crippen molar-refractivity contribution >= 4 is 5.97 Å². The average molecular weight is 258 g/mol. The van der Waals surface area contributed by atoms with Crippen molar-refractivity contribution in [1.29, 1.82) is 0 Å². The van der Waals surface area contributed by atoms with E-state index in [1.54, 1.807) is 6.92 Å². The normalized spacial score (nSPS) is 14.9. The molecule has 0 aliphatic heterocycles. The Morgan fingerprint density at radius 2 is 1.89 bits per heavy atom. The molecule has 0 heterocycles. The lowest BCUT2D eigenvalue weighted by atomic mass is 9.98. The predicted octanol–water partition coefficient (Wildman–Crippen LogP) is 2.02. The molecular weight excluding hydrogens is 228 g/mol. The highest BCUT2D eigenvalue weighted by molar-refractivity contribution is 5.79. The molecule has 1 unspecified atom stereocenters. The van der Waals surface area contributed by atoms with Gasteiger partial charge in [0.2, 0.25) is 0 Å². The predicted molar refractivity (Wildman–Crippen MR) is 75.4 cm³/mol. The van der Waals surface area contributed by atoms with Gasteiger partial charge in [-0.1, -0.05) is 33.6 Å². The highest BCUT2D eigenvalue weighted by Crippen LogP contribution is 2.13. The van der Waals surface area contributed by atoms with Crippen LogP contribution in [-0.4, -0.2) is 43.2 Å². The summed E-state index contributed by atoms with van der Waals surface area (Å²) in [5.41, 5.74) is 5.09. The van der Waals surface area contributed by atoms with Gasteiger partial charge in [-0.3, -0.25) is 4.79 Å². The highest BCUT2D eigenvalue weighted by Gasteiger charge is 2.29. The number of esters is 1. The van der Waals surface area contributed by atoms with E-state index in [1.807, 2.05) is 0 Å². The molecule has 0 fully saturated rings. The molecule has 0 saturated carbocycles. The Morgan fingerprint density at radius 1 is 1.33 bits per heavy atom. The number of carbonyl (C=O) groups is 1. The van der Waals surface area contributed by atoms with E-state index in [1.165, 1.54) is 20.0 Å². The van der Waals surface area contributed by atoms with Crippen molar-refractivity contribution in [1.82, 2.24) is 4.90 Å². The fourth-order valence-electron chi connectivity index (χ4n) is 2.02. The zero-order chi connectivity index (χ0) is 14.2. The molecular formula is C14H30N2O2. The lowest BCUT2D eigenvalue weighted by Gasteiger charge is -2.29. The number of nitrogens with two attached hydrogens (primary N) is 1. The molecule has 1 atom stereocenters. The Hall–Kier alpha value is -0.610. The summed E-state index contributed by atoms with van der Waals surface area (Å²) in [6.45, 7) is 11.3. The number of ether oxygens (including phenoxy) is 1. The molecule has 18 heavy (non-hydrogen) atoms. The maximum Gasteiger partial charge on any atom is 0.325 e. The van der Waals surface area contributed by atoms with E-state index in [0.717, 1.165) is 25.6 Å². The monoisotopic (exact) mass is 258 g/mol. The summed E-state index contributed by atoms with van der Waals surface area (Å²) in [7, 11) is 1.38. The third-order valence-corrected chi connectivity index (χ3v) is 3.72. The lowest BCUT2D eigenvalue weighted by molar-refractivity contribution is -0.146. The van der Waals surface area contributed by atoms with Crippen molar-refractivity contribution in [2.45, 2.75) is 52.5 Å². The van der Waals surface area contributed by atoms with Gasteiger partial charge < -0.3 is 15.4 Å². The summed E-state index contributed by atoms with van der Waals surface area (Å²) < 4.78 is 4.72. The van der Waals surface area contributed by atoms with Crippen LogP contribution in [0, 0.1) is 5.92 Å². The summed E-state index contributed by atoms with van der Waals surface area (Å²) in [6, 6.07) is 0. The minimum absolute atomic E-state index is 0.332. The van der Waals surface area contributed by atoms with E-state index in [-0.39, 0.29) is 5.97 Å². The zero-order valence-corrected chi connectivity index (χ0v) is 12.7. The van der Waals surface area contributed by atoms with Gasteiger partial charge >= 0.3 is 5.97 Å². The van der Waals surface area contributed by atoms with Crippen molar-refractivity contribution in [3.05, 3.63) is 0 Å². The maximum absolute atomic E-state index is 11.5. The molecule has 0 rings (SSSR count). The number of hydrogen-bond acceptors (Lipinski definition) is 4. The van der Waals surface area contributed by atoms with Gasteiger partial charge in [0.15, 0.2) is 0 Å². The Balaban J connectivity index is 4.26. The summed E-state index contributed by atoms with van der Waals surface area (Å²) in [4.78, 5) is 13.9. The van der Waals surface area contributed by atoms with E-state index in [2.05, 4.69) is 25.7 Å². The summed E-state index contributed by atoms with van der Waals surface area (Å²) >= 11 is 0. The first-order chi connectivity index (χ1) is 8.41. The minimum Gasteiger partial charge on any atom is -0.468 e. The van der Waals surface area contributed by atoms with Crippen LogP contribution >= 0.6 is 0 Å². The second-order valence-corrected chi connectivity index (χ2v) is 5.23. The van der Waals surface area contributed by atoms with E-state index in [9.17, 15) is 4.79 Å². The smallest absolute Gasteiger partial charge is 0.325 e. The van der Waals surface area contributed by atoms with Crippen molar-refractivity contribution in [2.24, 2.45) is 11.7 Å². The maximum atomic E-state index is 11.5. The van der Waals surface area contributed by atoms with Gasteiger partial charge in [-0.2, -0.15) is 0 Å². The van der Waals surface area contributed by atoms with E-state index in [0.29, 0.717) is 6.42 Å². The number of rotatable bonds is 9. The Morgan fingerprint density at radius 3 is 2.28 bits per heavy atom. The molecule has 0 aromatic heterocycles. The fraction of sp³-hybridized carbons (Fsp3) is 0.929. The Labute approximate surface area is 112 Å². The molecule has 0 bridgehead atoms. The van der Waals surface area contributed by atoms with E-state index < -0.39 is 5.54 Å². The molecule has 2 N–H and O–H groups in total. The first kappa shape index (κ1) is 17.4. The van der Waals surface area contributed by atoms with Crippen molar-refractivity contribution < 1.29 is 9.53 Å². The number of hydrogen-bond donors (Lipinski definition) is 1. The minimum atomic E-state index is -0.879. The Bertz CT molecular complexity index is 238. The molecule has 0 aromatic rings. The molecule has 0 spiro atoms.